The predicted molar refractivity (Wildman–Crippen MR) is 131 cm³/mol. The second kappa shape index (κ2) is 12.1. The summed E-state index contributed by atoms with van der Waals surface area (Å²) < 4.78 is 29.2. The van der Waals surface area contributed by atoms with Crippen molar-refractivity contribution in [2.45, 2.75) is 47.3 Å². The molecule has 0 radical (unpaired) electrons. The number of rotatable bonds is 11. The molecule has 3 rings (SSSR count). The number of phosphoric ester groups is 1. The number of carbonyl (C=O) groups excluding carboxylic acids is 1. The van der Waals surface area contributed by atoms with E-state index in [0.29, 0.717) is 5.92 Å². The molecule has 0 aromatic heterocycles. The summed E-state index contributed by atoms with van der Waals surface area (Å²) >= 11 is 0. The van der Waals surface area contributed by atoms with Crippen LogP contribution in [0.15, 0.2) is 72.8 Å². The molecule has 0 amide bonds. The van der Waals surface area contributed by atoms with E-state index in [1.54, 1.807) is 12.1 Å². The Hall–Kier alpha value is -2.76. The molecule has 7 heteroatoms. The van der Waals surface area contributed by atoms with Gasteiger partial charge in [0.05, 0.1) is 18.8 Å². The van der Waals surface area contributed by atoms with E-state index in [1.165, 1.54) is 0 Å². The maximum absolute atomic E-state index is 13.3. The Kier molecular flexibility index (Phi) is 9.20. The normalized spacial score (nSPS) is 11.6. The Morgan fingerprint density at radius 2 is 1.18 bits per heavy atom. The Labute approximate surface area is 201 Å². The third-order valence-corrected chi connectivity index (χ3v) is 6.21. The first kappa shape index (κ1) is 25.9. The maximum atomic E-state index is 13.3. The number of phosphoric acid groups is 1. The zero-order valence-electron chi connectivity index (χ0n) is 20.0. The van der Waals surface area contributed by atoms with E-state index >= 15 is 0 Å². The van der Waals surface area contributed by atoms with E-state index in [-0.39, 0.29) is 18.8 Å². The molecule has 0 fully saturated rings. The predicted octanol–water partition coefficient (Wildman–Crippen LogP) is 7.13. The molecular weight excluding hydrogens is 451 g/mol. The number of carbonyl (C=O) groups is 1. The zero-order valence-corrected chi connectivity index (χ0v) is 20.9. The van der Waals surface area contributed by atoms with Gasteiger partial charge < -0.3 is 0 Å². The van der Waals surface area contributed by atoms with Crippen LogP contribution in [-0.4, -0.2) is 5.97 Å². The van der Waals surface area contributed by atoms with E-state index in [9.17, 15) is 9.36 Å². The molecule has 0 saturated heterocycles. The van der Waals surface area contributed by atoms with Gasteiger partial charge in [-0.15, -0.1) is 0 Å². The molecule has 0 atom stereocenters. The molecule has 0 unspecified atom stereocenters. The number of aryl methyl sites for hydroxylation is 2. The van der Waals surface area contributed by atoms with Crippen LogP contribution < -0.4 is 0 Å². The van der Waals surface area contributed by atoms with Gasteiger partial charge in [-0.2, -0.15) is 0 Å². The van der Waals surface area contributed by atoms with Gasteiger partial charge in [0.2, 0.25) is 0 Å². The fourth-order valence-electron chi connectivity index (χ4n) is 3.13. The van der Waals surface area contributed by atoms with Gasteiger partial charge in [-0.1, -0.05) is 90.3 Å². The molecule has 34 heavy (non-hydrogen) atoms. The van der Waals surface area contributed by atoms with Crippen molar-refractivity contribution in [3.05, 3.63) is 106 Å². The van der Waals surface area contributed by atoms with Crippen LogP contribution in [0.25, 0.3) is 0 Å². The Morgan fingerprint density at radius 1 is 0.735 bits per heavy atom. The molecular formula is C27H31O6P. The van der Waals surface area contributed by atoms with Gasteiger partial charge in [0.1, 0.15) is 0 Å². The monoisotopic (exact) mass is 482 g/mol. The van der Waals surface area contributed by atoms with Crippen LogP contribution in [0.3, 0.4) is 0 Å². The number of hydrogen-bond donors (Lipinski definition) is 0. The fraction of sp³-hybridized carbons (Fsp3) is 0.296. The van der Waals surface area contributed by atoms with Crippen molar-refractivity contribution in [2.75, 3.05) is 0 Å². The van der Waals surface area contributed by atoms with Crippen LogP contribution in [-0.2, 0) is 42.8 Å². The van der Waals surface area contributed by atoms with Crippen molar-refractivity contribution < 1.29 is 28.0 Å². The van der Waals surface area contributed by atoms with Crippen molar-refractivity contribution in [1.82, 2.24) is 0 Å². The van der Waals surface area contributed by atoms with E-state index in [2.05, 4.69) is 13.8 Å². The van der Waals surface area contributed by atoms with E-state index in [0.717, 1.165) is 34.2 Å². The van der Waals surface area contributed by atoms with Crippen LogP contribution >= 0.6 is 7.82 Å². The Morgan fingerprint density at radius 3 is 1.62 bits per heavy atom. The summed E-state index contributed by atoms with van der Waals surface area (Å²) in [4.78, 5) is 17.3. The van der Waals surface area contributed by atoms with Crippen LogP contribution in [0, 0.1) is 19.8 Å². The average molecular weight is 483 g/mol. The molecule has 0 aliphatic heterocycles. The summed E-state index contributed by atoms with van der Waals surface area (Å²) in [6.07, 6.45) is 0.904. The van der Waals surface area contributed by atoms with Crippen LogP contribution in [0.2, 0.25) is 0 Å². The topological polar surface area (TPSA) is 71.1 Å². The molecule has 180 valence electrons. The largest absolute Gasteiger partial charge is 0.511 e. The molecule has 0 saturated carbocycles. The average Bonchev–Trinajstić information content (AvgIpc) is 2.82. The van der Waals surface area contributed by atoms with Gasteiger partial charge >= 0.3 is 13.8 Å². The van der Waals surface area contributed by atoms with Crippen molar-refractivity contribution in [2.24, 2.45) is 5.92 Å². The highest BCUT2D eigenvalue weighted by Crippen LogP contribution is 2.51. The molecule has 0 aliphatic rings. The molecule has 0 bridgehead atoms. The highest BCUT2D eigenvalue weighted by molar-refractivity contribution is 7.48. The molecule has 0 N–H and O–H groups in total. The van der Waals surface area contributed by atoms with Gasteiger partial charge in [0.25, 0.3) is 0 Å². The lowest BCUT2D eigenvalue weighted by atomic mass is 10.0. The standard InChI is InChI=1S/C27H31O6P/c1-20(2)17-23-13-15-26(16-14-23)27(28)32-33-34(29,30-18-24-9-5-21(3)6-10-24)31-19-25-11-7-22(4)8-12-25/h5-16,20H,17-19H2,1-4H3. The minimum Gasteiger partial charge on any atom is -0.282 e. The maximum Gasteiger partial charge on any atom is 0.511 e. The minimum absolute atomic E-state index is 0.0348. The van der Waals surface area contributed by atoms with Crippen LogP contribution in [0.4, 0.5) is 0 Å². The second-order valence-electron chi connectivity index (χ2n) is 8.71. The fourth-order valence-corrected chi connectivity index (χ4v) is 4.07. The summed E-state index contributed by atoms with van der Waals surface area (Å²) in [5, 5.41) is 0. The third-order valence-electron chi connectivity index (χ3n) is 5.06. The first-order chi connectivity index (χ1) is 16.2. The molecule has 3 aromatic carbocycles. The SMILES string of the molecule is Cc1ccc(COP(=O)(OCc2ccc(C)cc2)OOC(=O)c2ccc(CC(C)C)cc2)cc1. The van der Waals surface area contributed by atoms with E-state index in [4.69, 9.17) is 18.6 Å². The van der Waals surface area contributed by atoms with Gasteiger partial charge in [-0.3, -0.25) is 13.9 Å². The molecule has 3 aromatic rings. The first-order valence-corrected chi connectivity index (χ1v) is 12.7. The number of hydrogen-bond acceptors (Lipinski definition) is 6. The van der Waals surface area contributed by atoms with Gasteiger partial charge in [-0.05, 0) is 55.0 Å². The lowest BCUT2D eigenvalue weighted by Crippen LogP contribution is -2.08. The highest BCUT2D eigenvalue weighted by Gasteiger charge is 2.31. The Bertz CT molecular complexity index is 1050. The smallest absolute Gasteiger partial charge is 0.282 e. The summed E-state index contributed by atoms with van der Waals surface area (Å²) in [5.41, 5.74) is 5.12. The first-order valence-electron chi connectivity index (χ1n) is 11.2. The van der Waals surface area contributed by atoms with Gasteiger partial charge in [-0.25, -0.2) is 9.36 Å². The zero-order chi connectivity index (χ0) is 24.6. The highest BCUT2D eigenvalue weighted by atomic mass is 31.2. The summed E-state index contributed by atoms with van der Waals surface area (Å²) in [7, 11) is -4.22. The van der Waals surface area contributed by atoms with E-state index in [1.807, 2.05) is 74.5 Å². The van der Waals surface area contributed by atoms with Gasteiger partial charge in [0, 0.05) is 0 Å². The van der Waals surface area contributed by atoms with Crippen LogP contribution in [0.5, 0.6) is 0 Å². The quantitative estimate of drug-likeness (QED) is 0.164. The van der Waals surface area contributed by atoms with Crippen molar-refractivity contribution >= 4 is 13.8 Å². The van der Waals surface area contributed by atoms with Crippen molar-refractivity contribution in [1.29, 1.82) is 0 Å². The molecule has 6 nitrogen and oxygen atoms in total. The molecule has 0 heterocycles. The minimum atomic E-state index is -4.22. The number of benzene rings is 3. The summed E-state index contributed by atoms with van der Waals surface area (Å²) in [6, 6.07) is 22.1. The van der Waals surface area contributed by atoms with E-state index < -0.39 is 13.8 Å². The summed E-state index contributed by atoms with van der Waals surface area (Å²) in [5.74, 6) is -0.280. The van der Waals surface area contributed by atoms with Crippen LogP contribution in [0.1, 0.15) is 52.0 Å². The van der Waals surface area contributed by atoms with Crippen molar-refractivity contribution in [3.8, 4) is 0 Å². The summed E-state index contributed by atoms with van der Waals surface area (Å²) in [6.45, 7) is 8.12. The third kappa shape index (κ3) is 8.23. The lowest BCUT2D eigenvalue weighted by molar-refractivity contribution is -0.174. The molecule has 0 aliphatic carbocycles. The Balaban J connectivity index is 1.66. The van der Waals surface area contributed by atoms with Crippen molar-refractivity contribution in [3.63, 3.8) is 0 Å². The molecule has 0 spiro atoms. The lowest BCUT2D eigenvalue weighted by Gasteiger charge is -2.17. The second-order valence-corrected chi connectivity index (χ2v) is 10.3. The van der Waals surface area contributed by atoms with Gasteiger partial charge in [0.15, 0.2) is 0 Å².